The van der Waals surface area contributed by atoms with Crippen LogP contribution >= 0.6 is 15.9 Å². The van der Waals surface area contributed by atoms with Gasteiger partial charge in [0.1, 0.15) is 17.1 Å². The van der Waals surface area contributed by atoms with Crippen molar-refractivity contribution in [2.24, 2.45) is 0 Å². The van der Waals surface area contributed by atoms with Crippen LogP contribution in [0, 0.1) is 0 Å². The first kappa shape index (κ1) is 22.2. The van der Waals surface area contributed by atoms with Gasteiger partial charge < -0.3 is 13.9 Å². The van der Waals surface area contributed by atoms with E-state index >= 15 is 0 Å². The molecule has 0 spiro atoms. The normalized spacial score (nSPS) is 15.0. The molecule has 1 amide bonds. The molecule has 0 aliphatic carbocycles. The Hall–Kier alpha value is -3.58. The standard InChI is InChI=1S/C27H22BrNO5/c1-3-14-33-20-9-4-16(5-10-20)24-23-25(30)21-15-17(28)6-13-22(21)34-26(23)27(31)29(24)18-7-11-19(32-2)12-8-18/h4-13,15,24H,3,14H2,1-2H3. The van der Waals surface area contributed by atoms with Gasteiger partial charge in [0, 0.05) is 10.2 Å². The number of hydrogen-bond acceptors (Lipinski definition) is 5. The quantitative estimate of drug-likeness (QED) is 0.307. The predicted octanol–water partition coefficient (Wildman–Crippen LogP) is 6.10. The number of carbonyl (C=O) groups excluding carboxylic acids is 1. The number of rotatable bonds is 6. The van der Waals surface area contributed by atoms with Gasteiger partial charge in [-0.2, -0.15) is 0 Å². The highest BCUT2D eigenvalue weighted by Crippen LogP contribution is 2.42. The second-order valence-corrected chi connectivity index (χ2v) is 8.92. The summed E-state index contributed by atoms with van der Waals surface area (Å²) < 4.78 is 17.8. The molecule has 0 N–H and O–H groups in total. The van der Waals surface area contributed by atoms with Gasteiger partial charge in [0.25, 0.3) is 5.91 Å². The van der Waals surface area contributed by atoms with Gasteiger partial charge in [0.15, 0.2) is 5.43 Å². The fourth-order valence-corrected chi connectivity index (χ4v) is 4.60. The van der Waals surface area contributed by atoms with E-state index in [1.54, 1.807) is 54.5 Å². The van der Waals surface area contributed by atoms with Gasteiger partial charge in [0.05, 0.1) is 30.7 Å². The zero-order valence-electron chi connectivity index (χ0n) is 18.7. The Balaban J connectivity index is 1.70. The summed E-state index contributed by atoms with van der Waals surface area (Å²) in [5.41, 5.74) is 1.90. The molecule has 172 valence electrons. The molecule has 0 fully saturated rings. The van der Waals surface area contributed by atoms with Crippen molar-refractivity contribution in [3.05, 3.63) is 98.3 Å². The molecule has 1 atom stereocenters. The minimum atomic E-state index is -0.643. The largest absolute Gasteiger partial charge is 0.497 e. The fourth-order valence-electron chi connectivity index (χ4n) is 4.24. The van der Waals surface area contributed by atoms with Crippen LogP contribution in [0.15, 0.2) is 80.4 Å². The topological polar surface area (TPSA) is 69.0 Å². The Morgan fingerprint density at radius 3 is 2.35 bits per heavy atom. The molecule has 34 heavy (non-hydrogen) atoms. The molecule has 0 radical (unpaired) electrons. The summed E-state index contributed by atoms with van der Waals surface area (Å²) in [4.78, 5) is 28.9. The van der Waals surface area contributed by atoms with Gasteiger partial charge in [-0.25, -0.2) is 0 Å². The van der Waals surface area contributed by atoms with Crippen molar-refractivity contribution in [3.63, 3.8) is 0 Å². The Kier molecular flexibility index (Phi) is 5.87. The van der Waals surface area contributed by atoms with E-state index in [1.165, 1.54) is 0 Å². The smallest absolute Gasteiger partial charge is 0.295 e. The van der Waals surface area contributed by atoms with Gasteiger partial charge in [-0.15, -0.1) is 0 Å². The van der Waals surface area contributed by atoms with Crippen LogP contribution in [0.5, 0.6) is 11.5 Å². The predicted molar refractivity (Wildman–Crippen MR) is 134 cm³/mol. The lowest BCUT2D eigenvalue weighted by Gasteiger charge is -2.25. The summed E-state index contributed by atoms with van der Waals surface area (Å²) >= 11 is 3.43. The van der Waals surface area contributed by atoms with Crippen molar-refractivity contribution in [2.75, 3.05) is 18.6 Å². The van der Waals surface area contributed by atoms with Crippen LogP contribution in [0.1, 0.15) is 41.1 Å². The summed E-state index contributed by atoms with van der Waals surface area (Å²) in [5, 5.41) is 0.422. The first-order valence-electron chi connectivity index (χ1n) is 11.0. The summed E-state index contributed by atoms with van der Waals surface area (Å²) in [6.07, 6.45) is 0.904. The number of hydrogen-bond donors (Lipinski definition) is 0. The summed E-state index contributed by atoms with van der Waals surface area (Å²) in [6.45, 7) is 2.66. The van der Waals surface area contributed by atoms with Crippen LogP contribution < -0.4 is 19.8 Å². The number of anilines is 1. The van der Waals surface area contributed by atoms with Crippen molar-refractivity contribution in [1.29, 1.82) is 0 Å². The number of methoxy groups -OCH3 is 1. The van der Waals surface area contributed by atoms with Gasteiger partial charge in [-0.3, -0.25) is 14.5 Å². The molecule has 0 bridgehead atoms. The lowest BCUT2D eigenvalue weighted by atomic mass is 9.98. The third kappa shape index (κ3) is 3.76. The average Bonchev–Trinajstić information content (AvgIpc) is 3.16. The molecule has 1 unspecified atom stereocenters. The highest BCUT2D eigenvalue weighted by Gasteiger charge is 2.43. The molecule has 2 heterocycles. The van der Waals surface area contributed by atoms with E-state index in [-0.39, 0.29) is 17.1 Å². The molecule has 1 aromatic heterocycles. The van der Waals surface area contributed by atoms with Crippen molar-refractivity contribution in [3.8, 4) is 11.5 Å². The zero-order chi connectivity index (χ0) is 23.8. The van der Waals surface area contributed by atoms with Crippen LogP contribution in [-0.2, 0) is 0 Å². The van der Waals surface area contributed by atoms with Gasteiger partial charge in [-0.05, 0) is 66.6 Å². The van der Waals surface area contributed by atoms with Crippen LogP contribution in [-0.4, -0.2) is 19.6 Å². The molecule has 0 saturated carbocycles. The molecular weight excluding hydrogens is 498 g/mol. The van der Waals surface area contributed by atoms with Crippen molar-refractivity contribution < 1.29 is 18.7 Å². The number of benzene rings is 3. The third-order valence-electron chi connectivity index (χ3n) is 5.85. The number of fused-ring (bicyclic) bond motifs is 2. The van der Waals surface area contributed by atoms with Crippen molar-refractivity contribution >= 4 is 38.5 Å². The average molecular weight is 520 g/mol. The summed E-state index contributed by atoms with van der Waals surface area (Å²) in [7, 11) is 1.59. The molecule has 3 aromatic carbocycles. The van der Waals surface area contributed by atoms with Crippen LogP contribution in [0.3, 0.4) is 0 Å². The second-order valence-electron chi connectivity index (χ2n) is 8.01. The lowest BCUT2D eigenvalue weighted by molar-refractivity contribution is 0.0971. The van der Waals surface area contributed by atoms with E-state index in [0.717, 1.165) is 22.2 Å². The number of amides is 1. The second kappa shape index (κ2) is 8.99. The molecule has 6 nitrogen and oxygen atoms in total. The van der Waals surface area contributed by atoms with E-state index in [2.05, 4.69) is 15.9 Å². The maximum absolute atomic E-state index is 13.7. The first-order chi connectivity index (χ1) is 16.5. The van der Waals surface area contributed by atoms with E-state index in [1.807, 2.05) is 31.2 Å². The van der Waals surface area contributed by atoms with Gasteiger partial charge in [-0.1, -0.05) is 35.0 Å². The van der Waals surface area contributed by atoms with E-state index < -0.39 is 6.04 Å². The fraction of sp³-hybridized carbons (Fsp3) is 0.185. The summed E-state index contributed by atoms with van der Waals surface area (Å²) in [5.74, 6) is 1.11. The number of carbonyl (C=O) groups is 1. The van der Waals surface area contributed by atoms with Crippen molar-refractivity contribution in [2.45, 2.75) is 19.4 Å². The van der Waals surface area contributed by atoms with Gasteiger partial charge >= 0.3 is 0 Å². The molecule has 1 aliphatic rings. The Labute approximate surface area is 204 Å². The third-order valence-corrected chi connectivity index (χ3v) is 6.34. The SMILES string of the molecule is CCCOc1ccc(C2c3c(oc4ccc(Br)cc4c3=O)C(=O)N2c2ccc(OC)cc2)cc1. The van der Waals surface area contributed by atoms with Crippen LogP contribution in [0.4, 0.5) is 5.69 Å². The van der Waals surface area contributed by atoms with E-state index in [4.69, 9.17) is 13.9 Å². The maximum Gasteiger partial charge on any atom is 0.295 e. The van der Waals surface area contributed by atoms with Crippen molar-refractivity contribution in [1.82, 2.24) is 0 Å². The van der Waals surface area contributed by atoms with E-state index in [9.17, 15) is 9.59 Å². The molecule has 1 aliphatic heterocycles. The van der Waals surface area contributed by atoms with Gasteiger partial charge in [0.2, 0.25) is 5.76 Å². The first-order valence-corrected chi connectivity index (χ1v) is 11.8. The molecule has 0 saturated heterocycles. The Morgan fingerprint density at radius 1 is 0.971 bits per heavy atom. The Morgan fingerprint density at radius 2 is 1.68 bits per heavy atom. The summed E-state index contributed by atoms with van der Waals surface area (Å²) in [6, 6.07) is 19.2. The molecule has 5 rings (SSSR count). The maximum atomic E-state index is 13.7. The molecule has 7 heteroatoms. The molecule has 4 aromatic rings. The molecular formula is C27H22BrNO5. The minimum Gasteiger partial charge on any atom is -0.497 e. The van der Waals surface area contributed by atoms with Crippen LogP contribution in [0.25, 0.3) is 11.0 Å². The number of nitrogens with zero attached hydrogens (tertiary/aromatic N) is 1. The van der Waals surface area contributed by atoms with E-state index in [0.29, 0.717) is 34.6 Å². The minimum absolute atomic E-state index is 0.0620. The van der Waals surface area contributed by atoms with Crippen LogP contribution in [0.2, 0.25) is 0 Å². The number of ether oxygens (including phenoxy) is 2. The Bertz CT molecular complexity index is 1430. The number of halogens is 1. The highest BCUT2D eigenvalue weighted by molar-refractivity contribution is 9.10. The zero-order valence-corrected chi connectivity index (χ0v) is 20.3. The lowest BCUT2D eigenvalue weighted by Crippen LogP contribution is -2.29. The monoisotopic (exact) mass is 519 g/mol. The highest BCUT2D eigenvalue weighted by atomic mass is 79.9.